The molecule has 27 heavy (non-hydrogen) atoms. The molecule has 160 valence electrons. The minimum Gasteiger partial charge on any atom is -0.394 e. The Morgan fingerprint density at radius 3 is 2.19 bits per heavy atom. The van der Waals surface area contributed by atoms with E-state index in [9.17, 15) is 10.2 Å². The number of hydrogen-bond donors (Lipinski definition) is 3. The second-order valence-electron chi connectivity index (χ2n) is 7.68. The van der Waals surface area contributed by atoms with Crippen molar-refractivity contribution in [3.8, 4) is 0 Å². The maximum atomic E-state index is 9.87. The van der Waals surface area contributed by atoms with Crippen LogP contribution in [-0.2, 0) is 9.47 Å². The third-order valence-electron chi connectivity index (χ3n) is 5.20. The minimum atomic E-state index is -1.01. The van der Waals surface area contributed by atoms with Crippen molar-refractivity contribution in [3.63, 3.8) is 0 Å². The van der Waals surface area contributed by atoms with Crippen molar-refractivity contribution in [2.24, 2.45) is 0 Å². The van der Waals surface area contributed by atoms with Crippen LogP contribution in [0.25, 0.3) is 0 Å². The summed E-state index contributed by atoms with van der Waals surface area (Å²) in [6.07, 6.45) is 16.7. The number of hydrogen-bond acceptors (Lipinski definition) is 5. The Hall–Kier alpha value is -0.460. The second kappa shape index (κ2) is 16.5. The molecular weight excluding hydrogens is 344 g/mol. The summed E-state index contributed by atoms with van der Waals surface area (Å²) in [6.45, 7) is 2.56. The highest BCUT2D eigenvalue weighted by molar-refractivity contribution is 4.89. The van der Waals surface area contributed by atoms with Crippen LogP contribution >= 0.6 is 0 Å². The van der Waals surface area contributed by atoms with Gasteiger partial charge < -0.3 is 24.8 Å². The predicted octanol–water partition coefficient (Wildman–Crippen LogP) is 3.74. The van der Waals surface area contributed by atoms with Crippen molar-refractivity contribution >= 4 is 0 Å². The van der Waals surface area contributed by atoms with Gasteiger partial charge in [-0.25, -0.2) is 0 Å². The van der Waals surface area contributed by atoms with Crippen molar-refractivity contribution in [1.29, 1.82) is 0 Å². The van der Waals surface area contributed by atoms with Gasteiger partial charge in [0, 0.05) is 6.61 Å². The molecule has 0 unspecified atom stereocenters. The lowest BCUT2D eigenvalue weighted by Crippen LogP contribution is -2.42. The van der Waals surface area contributed by atoms with Crippen molar-refractivity contribution < 1.29 is 24.8 Å². The van der Waals surface area contributed by atoms with Gasteiger partial charge in [0.05, 0.1) is 13.2 Å². The van der Waals surface area contributed by atoms with Crippen molar-refractivity contribution in [3.05, 3.63) is 12.2 Å². The summed E-state index contributed by atoms with van der Waals surface area (Å²) in [7, 11) is 0. The molecule has 4 atom stereocenters. The first kappa shape index (κ1) is 24.6. The fourth-order valence-electron chi connectivity index (χ4n) is 3.47. The van der Waals surface area contributed by atoms with Gasteiger partial charge in [-0.05, 0) is 32.1 Å². The van der Waals surface area contributed by atoms with Crippen LogP contribution < -0.4 is 0 Å². The molecule has 1 aliphatic heterocycles. The number of aliphatic hydroxyl groups is 3. The van der Waals surface area contributed by atoms with E-state index in [1.807, 2.05) is 0 Å². The Kier molecular flexibility index (Phi) is 15.0. The number of unbranched alkanes of at least 4 members (excludes halogenated alkanes) is 10. The quantitative estimate of drug-likeness (QED) is 0.262. The van der Waals surface area contributed by atoms with Crippen LogP contribution in [0.2, 0.25) is 0 Å². The van der Waals surface area contributed by atoms with Crippen LogP contribution in [0.15, 0.2) is 12.2 Å². The van der Waals surface area contributed by atoms with E-state index in [0.717, 1.165) is 25.7 Å². The fourth-order valence-corrected chi connectivity index (χ4v) is 3.47. The zero-order chi connectivity index (χ0) is 19.7. The van der Waals surface area contributed by atoms with Crippen LogP contribution in [0.3, 0.4) is 0 Å². The van der Waals surface area contributed by atoms with Gasteiger partial charge in [-0.2, -0.15) is 0 Å². The molecule has 0 spiro atoms. The van der Waals surface area contributed by atoms with Crippen molar-refractivity contribution in [2.45, 2.75) is 108 Å². The second-order valence-corrected chi connectivity index (χ2v) is 7.68. The summed E-state index contributed by atoms with van der Waals surface area (Å²) < 4.78 is 11.0. The largest absolute Gasteiger partial charge is 0.394 e. The summed E-state index contributed by atoms with van der Waals surface area (Å²) in [5.74, 6) is 0. The van der Waals surface area contributed by atoms with E-state index in [4.69, 9.17) is 14.6 Å². The molecule has 0 aromatic rings. The molecule has 0 saturated carbocycles. The van der Waals surface area contributed by atoms with E-state index in [-0.39, 0.29) is 13.2 Å². The van der Waals surface area contributed by atoms with Crippen LogP contribution in [0.1, 0.15) is 84.0 Å². The molecule has 0 aliphatic carbocycles. The van der Waals surface area contributed by atoms with E-state index < -0.39 is 24.4 Å². The minimum absolute atomic E-state index is 0.149. The highest BCUT2D eigenvalue weighted by atomic mass is 16.6. The van der Waals surface area contributed by atoms with Gasteiger partial charge >= 0.3 is 0 Å². The molecule has 0 bridgehead atoms. The van der Waals surface area contributed by atoms with Gasteiger partial charge in [-0.3, -0.25) is 0 Å². The van der Waals surface area contributed by atoms with Crippen LogP contribution in [0.4, 0.5) is 0 Å². The van der Waals surface area contributed by atoms with Crippen molar-refractivity contribution in [2.75, 3.05) is 19.8 Å². The Morgan fingerprint density at radius 2 is 1.56 bits per heavy atom. The van der Waals surface area contributed by atoms with E-state index in [1.165, 1.54) is 51.4 Å². The SMILES string of the molecule is CCCCCCCCC/C=C/CCCCCO[C@@H]1[C@H]([C@H](O)CO)OC[C@@H]1O. The lowest BCUT2D eigenvalue weighted by Gasteiger charge is -2.23. The summed E-state index contributed by atoms with van der Waals surface area (Å²) >= 11 is 0. The molecule has 0 amide bonds. The molecular formula is C22H42O5. The lowest BCUT2D eigenvalue weighted by molar-refractivity contribution is -0.0937. The van der Waals surface area contributed by atoms with Gasteiger partial charge in [-0.1, -0.05) is 64.0 Å². The van der Waals surface area contributed by atoms with Gasteiger partial charge in [0.15, 0.2) is 0 Å². The summed E-state index contributed by atoms with van der Waals surface area (Å²) in [6, 6.07) is 0. The zero-order valence-corrected chi connectivity index (χ0v) is 17.2. The summed E-state index contributed by atoms with van der Waals surface area (Å²) in [5.41, 5.74) is 0. The molecule has 1 heterocycles. The average Bonchev–Trinajstić information content (AvgIpc) is 3.04. The Morgan fingerprint density at radius 1 is 0.963 bits per heavy atom. The van der Waals surface area contributed by atoms with E-state index in [0.29, 0.717) is 6.61 Å². The maximum Gasteiger partial charge on any atom is 0.114 e. The fraction of sp³-hybridized carbons (Fsp3) is 0.909. The lowest BCUT2D eigenvalue weighted by atomic mass is 10.1. The third-order valence-corrected chi connectivity index (χ3v) is 5.20. The first-order valence-electron chi connectivity index (χ1n) is 11.1. The third kappa shape index (κ3) is 11.2. The highest BCUT2D eigenvalue weighted by Crippen LogP contribution is 2.21. The molecule has 5 nitrogen and oxygen atoms in total. The highest BCUT2D eigenvalue weighted by Gasteiger charge is 2.40. The maximum absolute atomic E-state index is 9.87. The molecule has 1 fully saturated rings. The van der Waals surface area contributed by atoms with Crippen LogP contribution in [0.5, 0.6) is 0 Å². The van der Waals surface area contributed by atoms with E-state index >= 15 is 0 Å². The summed E-state index contributed by atoms with van der Waals surface area (Å²) in [4.78, 5) is 0. The Labute approximate surface area is 165 Å². The number of aliphatic hydroxyl groups excluding tert-OH is 3. The first-order valence-corrected chi connectivity index (χ1v) is 11.1. The van der Waals surface area contributed by atoms with E-state index in [2.05, 4.69) is 19.1 Å². The Bertz CT molecular complexity index is 361. The normalized spacial score (nSPS) is 24.1. The number of ether oxygens (including phenoxy) is 2. The topological polar surface area (TPSA) is 79.2 Å². The van der Waals surface area contributed by atoms with Gasteiger partial charge in [0.1, 0.15) is 24.4 Å². The number of rotatable bonds is 17. The number of allylic oxidation sites excluding steroid dienone is 2. The first-order chi connectivity index (χ1) is 13.2. The molecule has 0 aromatic heterocycles. The average molecular weight is 387 g/mol. The van der Waals surface area contributed by atoms with Gasteiger partial charge in [-0.15, -0.1) is 0 Å². The van der Waals surface area contributed by atoms with Crippen molar-refractivity contribution in [1.82, 2.24) is 0 Å². The standard InChI is InChI=1S/C22H42O5/c1-2-3-4-5-6-7-8-9-10-11-12-13-14-15-16-26-22-20(25)18-27-21(22)19(24)17-23/h10-11,19-25H,2-9,12-18H2,1H3/b11-10+/t19-,20+,21+,22+/m1/s1. The molecule has 0 radical (unpaired) electrons. The molecule has 5 heteroatoms. The molecule has 1 rings (SSSR count). The van der Waals surface area contributed by atoms with Gasteiger partial charge in [0.2, 0.25) is 0 Å². The Balaban J connectivity index is 1.92. The van der Waals surface area contributed by atoms with Gasteiger partial charge in [0.25, 0.3) is 0 Å². The van der Waals surface area contributed by atoms with Crippen LogP contribution in [-0.4, -0.2) is 59.6 Å². The summed E-state index contributed by atoms with van der Waals surface area (Å²) in [5, 5.41) is 28.6. The zero-order valence-electron chi connectivity index (χ0n) is 17.2. The smallest absolute Gasteiger partial charge is 0.114 e. The van der Waals surface area contributed by atoms with Crippen LogP contribution in [0, 0.1) is 0 Å². The molecule has 0 aromatic carbocycles. The van der Waals surface area contributed by atoms with E-state index in [1.54, 1.807) is 0 Å². The predicted molar refractivity (Wildman–Crippen MR) is 109 cm³/mol. The molecule has 1 saturated heterocycles. The monoisotopic (exact) mass is 386 g/mol. The molecule has 1 aliphatic rings. The molecule has 3 N–H and O–H groups in total.